The number of aromatic nitrogens is 2. The topological polar surface area (TPSA) is 47.0 Å². The molecule has 1 N–H and O–H groups in total. The van der Waals surface area contributed by atoms with Gasteiger partial charge in [-0.05, 0) is 43.7 Å². The molecule has 1 aromatic carbocycles. The predicted octanol–water partition coefficient (Wildman–Crippen LogP) is 2.71. The number of anilines is 1. The van der Waals surface area contributed by atoms with E-state index in [1.165, 1.54) is 0 Å². The Kier molecular flexibility index (Phi) is 3.77. The summed E-state index contributed by atoms with van der Waals surface area (Å²) in [5.41, 5.74) is 3.15. The molecule has 4 heteroatoms. The molecule has 0 fully saturated rings. The Bertz CT molecular complexity index is 540. The van der Waals surface area contributed by atoms with E-state index in [0.29, 0.717) is 6.54 Å². The van der Waals surface area contributed by atoms with Crippen LogP contribution in [0, 0.1) is 13.8 Å². The van der Waals surface area contributed by atoms with Crippen molar-refractivity contribution in [2.75, 3.05) is 12.4 Å². The molecule has 0 atom stereocenters. The van der Waals surface area contributed by atoms with Gasteiger partial charge in [0, 0.05) is 11.9 Å². The van der Waals surface area contributed by atoms with Crippen molar-refractivity contribution in [3.05, 3.63) is 47.5 Å². The fourth-order valence-corrected chi connectivity index (χ4v) is 1.78. The number of aryl methyl sites for hydroxylation is 2. The predicted molar refractivity (Wildman–Crippen MR) is 71.8 cm³/mol. The molecular weight excluding hydrogens is 226 g/mol. The lowest BCUT2D eigenvalue weighted by Crippen LogP contribution is -2.03. The van der Waals surface area contributed by atoms with E-state index in [1.54, 1.807) is 13.3 Å². The van der Waals surface area contributed by atoms with Gasteiger partial charge in [-0.15, -0.1) is 0 Å². The van der Waals surface area contributed by atoms with Crippen LogP contribution in [0.5, 0.6) is 5.75 Å². The van der Waals surface area contributed by atoms with Crippen LogP contribution in [-0.2, 0) is 6.54 Å². The fraction of sp³-hybridized carbons (Fsp3) is 0.286. The van der Waals surface area contributed by atoms with Crippen LogP contribution in [0.25, 0.3) is 0 Å². The zero-order valence-corrected chi connectivity index (χ0v) is 10.9. The van der Waals surface area contributed by atoms with Crippen LogP contribution in [-0.4, -0.2) is 17.1 Å². The van der Waals surface area contributed by atoms with Gasteiger partial charge in [-0.2, -0.15) is 0 Å². The smallest absolute Gasteiger partial charge is 0.125 e. The normalized spacial score (nSPS) is 10.2. The van der Waals surface area contributed by atoms with Crippen LogP contribution in [0.3, 0.4) is 0 Å². The van der Waals surface area contributed by atoms with E-state index in [0.717, 1.165) is 28.5 Å². The highest BCUT2D eigenvalue weighted by atomic mass is 16.5. The highest BCUT2D eigenvalue weighted by Crippen LogP contribution is 2.21. The second-order valence-electron chi connectivity index (χ2n) is 4.13. The van der Waals surface area contributed by atoms with Crippen LogP contribution < -0.4 is 10.1 Å². The van der Waals surface area contributed by atoms with Gasteiger partial charge >= 0.3 is 0 Å². The lowest BCUT2D eigenvalue weighted by atomic mass is 10.2. The van der Waals surface area contributed by atoms with E-state index in [1.807, 2.05) is 32.0 Å². The van der Waals surface area contributed by atoms with Crippen molar-refractivity contribution in [3.8, 4) is 5.75 Å². The van der Waals surface area contributed by atoms with Crippen LogP contribution in [0.15, 0.2) is 30.5 Å². The van der Waals surface area contributed by atoms with Crippen molar-refractivity contribution >= 4 is 5.69 Å². The lowest BCUT2D eigenvalue weighted by Gasteiger charge is -2.09. The minimum absolute atomic E-state index is 0.690. The van der Waals surface area contributed by atoms with Crippen molar-refractivity contribution in [2.24, 2.45) is 0 Å². The monoisotopic (exact) mass is 243 g/mol. The SMILES string of the molecule is COc1ccc(NCc2ccnc(C)n2)cc1C. The van der Waals surface area contributed by atoms with Crippen LogP contribution in [0.2, 0.25) is 0 Å². The molecule has 1 heterocycles. The highest BCUT2D eigenvalue weighted by molar-refractivity contribution is 5.50. The standard InChI is InChI=1S/C14H17N3O/c1-10-8-12(4-5-14(10)18-3)16-9-13-6-7-15-11(2)17-13/h4-8,16H,9H2,1-3H3. The molecular formula is C14H17N3O. The fourth-order valence-electron chi connectivity index (χ4n) is 1.78. The summed E-state index contributed by atoms with van der Waals surface area (Å²) in [6.45, 7) is 4.61. The summed E-state index contributed by atoms with van der Waals surface area (Å²) in [7, 11) is 1.68. The molecule has 2 aromatic rings. The molecule has 4 nitrogen and oxygen atoms in total. The maximum atomic E-state index is 5.23. The molecule has 2 rings (SSSR count). The van der Waals surface area contributed by atoms with Gasteiger partial charge in [0.1, 0.15) is 11.6 Å². The molecule has 0 unspecified atom stereocenters. The van der Waals surface area contributed by atoms with Crippen LogP contribution in [0.1, 0.15) is 17.1 Å². The van der Waals surface area contributed by atoms with Gasteiger partial charge in [0.05, 0.1) is 19.3 Å². The molecule has 0 spiro atoms. The first kappa shape index (κ1) is 12.4. The second-order valence-corrected chi connectivity index (χ2v) is 4.13. The number of hydrogen-bond acceptors (Lipinski definition) is 4. The summed E-state index contributed by atoms with van der Waals surface area (Å²) in [5.74, 6) is 1.69. The van der Waals surface area contributed by atoms with Gasteiger partial charge in [0.2, 0.25) is 0 Å². The first-order valence-corrected chi connectivity index (χ1v) is 5.86. The Morgan fingerprint density at radius 1 is 1.22 bits per heavy atom. The zero-order valence-electron chi connectivity index (χ0n) is 10.9. The summed E-state index contributed by atoms with van der Waals surface area (Å²) < 4.78 is 5.23. The molecule has 94 valence electrons. The largest absolute Gasteiger partial charge is 0.496 e. The summed E-state index contributed by atoms with van der Waals surface area (Å²) in [6, 6.07) is 7.94. The average Bonchev–Trinajstić information content (AvgIpc) is 2.37. The van der Waals surface area contributed by atoms with E-state index in [2.05, 4.69) is 21.4 Å². The Morgan fingerprint density at radius 2 is 2.06 bits per heavy atom. The quantitative estimate of drug-likeness (QED) is 0.897. The van der Waals surface area contributed by atoms with Gasteiger partial charge in [0.25, 0.3) is 0 Å². The van der Waals surface area contributed by atoms with Crippen molar-refractivity contribution in [1.29, 1.82) is 0 Å². The minimum Gasteiger partial charge on any atom is -0.496 e. The third-order valence-corrected chi connectivity index (χ3v) is 2.70. The molecule has 0 aliphatic heterocycles. The number of nitrogens with one attached hydrogen (secondary N) is 1. The maximum absolute atomic E-state index is 5.23. The average molecular weight is 243 g/mol. The number of ether oxygens (including phenoxy) is 1. The first-order valence-electron chi connectivity index (χ1n) is 5.86. The van der Waals surface area contributed by atoms with Crippen LogP contribution in [0.4, 0.5) is 5.69 Å². The van der Waals surface area contributed by atoms with E-state index < -0.39 is 0 Å². The number of benzene rings is 1. The summed E-state index contributed by atoms with van der Waals surface area (Å²) in [5, 5.41) is 3.33. The van der Waals surface area contributed by atoms with E-state index >= 15 is 0 Å². The number of rotatable bonds is 4. The molecule has 0 bridgehead atoms. The van der Waals surface area contributed by atoms with Gasteiger partial charge in [-0.3, -0.25) is 0 Å². The van der Waals surface area contributed by atoms with Crippen molar-refractivity contribution < 1.29 is 4.74 Å². The third-order valence-electron chi connectivity index (χ3n) is 2.70. The van der Waals surface area contributed by atoms with Crippen molar-refractivity contribution in [1.82, 2.24) is 9.97 Å². The zero-order chi connectivity index (χ0) is 13.0. The van der Waals surface area contributed by atoms with Gasteiger partial charge in [-0.25, -0.2) is 9.97 Å². The minimum atomic E-state index is 0.690. The molecule has 0 aliphatic rings. The number of methoxy groups -OCH3 is 1. The van der Waals surface area contributed by atoms with Gasteiger partial charge in [-0.1, -0.05) is 0 Å². The summed E-state index contributed by atoms with van der Waals surface area (Å²) in [4.78, 5) is 8.42. The van der Waals surface area contributed by atoms with Crippen molar-refractivity contribution in [3.63, 3.8) is 0 Å². The Morgan fingerprint density at radius 3 is 2.72 bits per heavy atom. The molecule has 0 aliphatic carbocycles. The molecule has 0 amide bonds. The van der Waals surface area contributed by atoms with Crippen molar-refractivity contribution in [2.45, 2.75) is 20.4 Å². The maximum Gasteiger partial charge on any atom is 0.125 e. The van der Waals surface area contributed by atoms with E-state index in [-0.39, 0.29) is 0 Å². The molecule has 1 aromatic heterocycles. The van der Waals surface area contributed by atoms with E-state index in [9.17, 15) is 0 Å². The highest BCUT2D eigenvalue weighted by Gasteiger charge is 2.00. The molecule has 18 heavy (non-hydrogen) atoms. The van der Waals surface area contributed by atoms with Gasteiger partial charge < -0.3 is 10.1 Å². The van der Waals surface area contributed by atoms with E-state index in [4.69, 9.17) is 4.74 Å². The third kappa shape index (κ3) is 2.97. The second kappa shape index (κ2) is 5.49. The molecule has 0 saturated heterocycles. The number of nitrogens with zero attached hydrogens (tertiary/aromatic N) is 2. The van der Waals surface area contributed by atoms with Gasteiger partial charge in [0.15, 0.2) is 0 Å². The van der Waals surface area contributed by atoms with Crippen LogP contribution >= 0.6 is 0 Å². The Balaban J connectivity index is 2.04. The Labute approximate surface area is 107 Å². The Hall–Kier alpha value is -2.10. The summed E-state index contributed by atoms with van der Waals surface area (Å²) >= 11 is 0. The number of hydrogen-bond donors (Lipinski definition) is 1. The molecule has 0 saturated carbocycles. The molecule has 0 radical (unpaired) electrons. The summed E-state index contributed by atoms with van der Waals surface area (Å²) in [6.07, 6.45) is 1.78. The lowest BCUT2D eigenvalue weighted by molar-refractivity contribution is 0.412. The first-order chi connectivity index (χ1) is 8.69.